The fraction of sp³-hybridized carbons (Fsp3) is 0.522. The summed E-state index contributed by atoms with van der Waals surface area (Å²) in [6.07, 6.45) is -0.0137. The number of hydrogen-bond acceptors (Lipinski definition) is 5. The number of aromatic nitrogens is 2. The molecule has 1 aromatic carbocycles. The van der Waals surface area contributed by atoms with Crippen LogP contribution in [0.2, 0.25) is 0 Å². The number of carbonyl (C=O) groups excluding carboxylic acids is 2. The van der Waals surface area contributed by atoms with Crippen LogP contribution in [0.15, 0.2) is 30.5 Å². The van der Waals surface area contributed by atoms with Crippen LogP contribution in [0.1, 0.15) is 52.3 Å². The highest BCUT2D eigenvalue weighted by atomic mass is 19.3. The van der Waals surface area contributed by atoms with Gasteiger partial charge in [-0.1, -0.05) is 45.0 Å². The largest absolute Gasteiger partial charge is 0.391 e. The molecule has 2 amide bonds. The number of alkyl halides is 2. The van der Waals surface area contributed by atoms with Crippen LogP contribution in [0.3, 0.4) is 0 Å². The Morgan fingerprint density at radius 1 is 1.24 bits per heavy atom. The van der Waals surface area contributed by atoms with E-state index in [2.05, 4.69) is 10.4 Å². The van der Waals surface area contributed by atoms with Crippen LogP contribution in [0, 0.1) is 11.2 Å². The van der Waals surface area contributed by atoms with Crippen molar-refractivity contribution < 1.29 is 27.9 Å². The quantitative estimate of drug-likeness (QED) is 0.587. The third-order valence-electron chi connectivity index (χ3n) is 6.04. The number of β-amino-alcohol motifs (C(OH)–C–C–N with tert-alkyl or cyclic N) is 1. The van der Waals surface area contributed by atoms with Crippen molar-refractivity contribution in [2.24, 2.45) is 11.1 Å². The topological polar surface area (TPSA) is 113 Å². The molecule has 186 valence electrons. The smallest absolute Gasteiger partial charge is 0.333 e. The number of nitrogens with one attached hydrogen (secondary N) is 1. The number of aliphatic hydroxyl groups is 1. The van der Waals surface area contributed by atoms with Crippen LogP contribution in [0.5, 0.6) is 0 Å². The minimum absolute atomic E-state index is 0.0210. The zero-order chi connectivity index (χ0) is 25.4. The summed E-state index contributed by atoms with van der Waals surface area (Å²) >= 11 is 0. The van der Waals surface area contributed by atoms with Crippen molar-refractivity contribution in [3.8, 4) is 11.3 Å². The zero-order valence-electron chi connectivity index (χ0n) is 19.5. The van der Waals surface area contributed by atoms with E-state index >= 15 is 0 Å². The second-order valence-electron chi connectivity index (χ2n) is 9.66. The second-order valence-corrected chi connectivity index (χ2v) is 9.66. The van der Waals surface area contributed by atoms with Crippen molar-refractivity contribution in [2.75, 3.05) is 6.54 Å². The molecule has 3 rings (SSSR count). The van der Waals surface area contributed by atoms with Gasteiger partial charge in [0.2, 0.25) is 11.8 Å². The first-order valence-corrected chi connectivity index (χ1v) is 11.0. The number of carbonyl (C=O) groups is 2. The van der Waals surface area contributed by atoms with Crippen molar-refractivity contribution >= 4 is 11.8 Å². The molecule has 2 aromatic rings. The molecule has 0 aliphatic carbocycles. The first-order chi connectivity index (χ1) is 15.8. The number of likely N-dealkylation sites (tertiary alicyclic amines) is 1. The monoisotopic (exact) mass is 481 g/mol. The van der Waals surface area contributed by atoms with Gasteiger partial charge in [-0.25, -0.2) is 9.07 Å². The van der Waals surface area contributed by atoms with Crippen molar-refractivity contribution in [3.63, 3.8) is 0 Å². The maximum Gasteiger partial charge on any atom is 0.333 e. The Labute approximate surface area is 195 Å². The molecule has 0 radical (unpaired) electrons. The van der Waals surface area contributed by atoms with Crippen LogP contribution in [0.25, 0.3) is 11.3 Å². The zero-order valence-corrected chi connectivity index (χ0v) is 19.5. The summed E-state index contributed by atoms with van der Waals surface area (Å²) in [6, 6.07) is 3.90. The minimum atomic E-state index is -2.99. The van der Waals surface area contributed by atoms with Gasteiger partial charge in [0.05, 0.1) is 24.4 Å². The van der Waals surface area contributed by atoms with E-state index in [0.717, 1.165) is 6.20 Å². The first-order valence-electron chi connectivity index (χ1n) is 11.0. The molecule has 1 fully saturated rings. The van der Waals surface area contributed by atoms with Crippen molar-refractivity contribution in [3.05, 3.63) is 41.8 Å². The Morgan fingerprint density at radius 3 is 2.41 bits per heavy atom. The van der Waals surface area contributed by atoms with Gasteiger partial charge in [-0.15, -0.1) is 0 Å². The van der Waals surface area contributed by atoms with Crippen LogP contribution < -0.4 is 11.1 Å². The molecule has 1 saturated heterocycles. The van der Waals surface area contributed by atoms with E-state index in [1.54, 1.807) is 19.1 Å². The van der Waals surface area contributed by atoms with E-state index in [4.69, 9.17) is 5.73 Å². The average molecular weight is 482 g/mol. The number of hydrogen-bond donors (Lipinski definition) is 3. The van der Waals surface area contributed by atoms with Crippen LogP contribution >= 0.6 is 0 Å². The van der Waals surface area contributed by atoms with Gasteiger partial charge in [-0.2, -0.15) is 13.9 Å². The van der Waals surface area contributed by atoms with Gasteiger partial charge in [-0.3, -0.25) is 9.59 Å². The minimum Gasteiger partial charge on any atom is -0.391 e. The SMILES string of the molecule is C[C@H](NC(=O)C1CC(O)CN1C(=O)[C@@H](N)C(C)(C)C)c1ccc(-c2c(F)cnn2C(F)F)cc1. The summed E-state index contributed by atoms with van der Waals surface area (Å²) in [4.78, 5) is 27.2. The lowest BCUT2D eigenvalue weighted by molar-refractivity contribution is -0.141. The third-order valence-corrected chi connectivity index (χ3v) is 6.04. The van der Waals surface area contributed by atoms with E-state index in [-0.39, 0.29) is 24.2 Å². The summed E-state index contributed by atoms with van der Waals surface area (Å²) in [5, 5.41) is 16.3. The van der Waals surface area contributed by atoms with Crippen molar-refractivity contribution in [1.82, 2.24) is 20.0 Å². The molecule has 11 heteroatoms. The highest BCUT2D eigenvalue weighted by Gasteiger charge is 2.42. The number of nitrogens with zero attached hydrogens (tertiary/aromatic N) is 3. The maximum atomic E-state index is 14.0. The normalized spacial score (nSPS) is 20.5. The third kappa shape index (κ3) is 5.25. The molecule has 2 heterocycles. The van der Waals surface area contributed by atoms with Gasteiger partial charge in [0, 0.05) is 18.5 Å². The van der Waals surface area contributed by atoms with E-state index < -0.39 is 53.8 Å². The molecule has 2 unspecified atom stereocenters. The Kier molecular flexibility index (Phi) is 7.37. The molecule has 4 atom stereocenters. The van der Waals surface area contributed by atoms with Gasteiger partial charge < -0.3 is 21.1 Å². The average Bonchev–Trinajstić information content (AvgIpc) is 3.35. The molecule has 34 heavy (non-hydrogen) atoms. The number of nitrogens with two attached hydrogens (primary N) is 1. The standard InChI is InChI=1S/C23H30F3N5O3/c1-12(13-5-7-14(8-6-13)18-16(24)10-28-31(18)22(25)26)29-20(33)17-9-15(32)11-30(17)21(34)19(27)23(2,3)4/h5-8,10,12,15,17,19,22,32H,9,11,27H2,1-4H3,(H,29,33)/t12-,15?,17?,19+/m0/s1. The molecule has 1 aliphatic heterocycles. The molecule has 8 nitrogen and oxygen atoms in total. The lowest BCUT2D eigenvalue weighted by atomic mass is 9.86. The molecule has 0 saturated carbocycles. The summed E-state index contributed by atoms with van der Waals surface area (Å²) < 4.78 is 40.5. The lowest BCUT2D eigenvalue weighted by Gasteiger charge is -2.32. The second kappa shape index (κ2) is 9.75. The van der Waals surface area contributed by atoms with Crippen LogP contribution in [-0.2, 0) is 9.59 Å². The van der Waals surface area contributed by atoms with E-state index in [1.807, 2.05) is 20.8 Å². The summed E-state index contributed by atoms with van der Waals surface area (Å²) in [5.41, 5.74) is 6.09. The molecule has 4 N–H and O–H groups in total. The predicted molar refractivity (Wildman–Crippen MR) is 119 cm³/mol. The number of aliphatic hydroxyl groups excluding tert-OH is 1. The van der Waals surface area contributed by atoms with Crippen LogP contribution in [-0.4, -0.2) is 56.3 Å². The van der Waals surface area contributed by atoms with E-state index in [1.165, 1.54) is 17.0 Å². The van der Waals surface area contributed by atoms with Gasteiger partial charge in [0.1, 0.15) is 11.7 Å². The Hall–Kier alpha value is -2.92. The molecule has 0 spiro atoms. The van der Waals surface area contributed by atoms with Crippen molar-refractivity contribution in [1.29, 1.82) is 0 Å². The summed E-state index contributed by atoms with van der Waals surface area (Å²) in [6.45, 7) is 4.22. The first kappa shape index (κ1) is 25.7. The Balaban J connectivity index is 1.73. The number of amides is 2. The lowest BCUT2D eigenvalue weighted by Crippen LogP contribution is -2.55. The molecule has 0 bridgehead atoms. The van der Waals surface area contributed by atoms with E-state index in [0.29, 0.717) is 10.2 Å². The fourth-order valence-electron chi connectivity index (χ4n) is 3.94. The summed E-state index contributed by atoms with van der Waals surface area (Å²) in [7, 11) is 0. The van der Waals surface area contributed by atoms with Crippen LogP contribution in [0.4, 0.5) is 13.2 Å². The molecule has 1 aliphatic rings. The molecular formula is C23H30F3N5O3. The predicted octanol–water partition coefficient (Wildman–Crippen LogP) is 2.60. The number of benzene rings is 1. The van der Waals surface area contributed by atoms with E-state index in [9.17, 15) is 27.9 Å². The van der Waals surface area contributed by atoms with Gasteiger partial charge in [0.15, 0.2) is 5.82 Å². The van der Waals surface area contributed by atoms with Gasteiger partial charge in [0.25, 0.3) is 0 Å². The summed E-state index contributed by atoms with van der Waals surface area (Å²) in [5.74, 6) is -1.71. The highest BCUT2D eigenvalue weighted by molar-refractivity contribution is 5.91. The Morgan fingerprint density at radius 2 is 1.85 bits per heavy atom. The fourth-order valence-corrected chi connectivity index (χ4v) is 3.94. The Bertz CT molecular complexity index is 1040. The molecular weight excluding hydrogens is 451 g/mol. The maximum absolute atomic E-state index is 14.0. The number of halogens is 3. The molecule has 1 aromatic heterocycles. The van der Waals surface area contributed by atoms with Gasteiger partial charge >= 0.3 is 6.55 Å². The highest BCUT2D eigenvalue weighted by Crippen LogP contribution is 2.29. The van der Waals surface area contributed by atoms with Gasteiger partial charge in [-0.05, 0) is 17.9 Å². The van der Waals surface area contributed by atoms with Crippen molar-refractivity contribution in [2.45, 2.75) is 64.9 Å². The number of rotatable bonds is 6.